The molecule has 1 unspecified atom stereocenters. The van der Waals surface area contributed by atoms with Crippen molar-refractivity contribution in [1.82, 2.24) is 20.2 Å². The minimum absolute atomic E-state index is 0.109. The molecule has 0 saturated carbocycles. The first-order valence-electron chi connectivity index (χ1n) is 14.2. The van der Waals surface area contributed by atoms with Crippen molar-refractivity contribution < 1.29 is 13.9 Å². The van der Waals surface area contributed by atoms with E-state index in [0.29, 0.717) is 63.1 Å². The highest BCUT2D eigenvalue weighted by Gasteiger charge is 2.33. The number of benzene rings is 3. The minimum atomic E-state index is -0.456. The van der Waals surface area contributed by atoms with Crippen LogP contribution in [0.3, 0.4) is 0 Å². The number of hydrogen-bond acceptors (Lipinski definition) is 7. The average molecular weight is 634 g/mol. The summed E-state index contributed by atoms with van der Waals surface area (Å²) in [6.45, 7) is 7.62. The van der Waals surface area contributed by atoms with Crippen LogP contribution in [0.15, 0.2) is 65.8 Å². The van der Waals surface area contributed by atoms with E-state index in [2.05, 4.69) is 36.4 Å². The fourth-order valence-corrected chi connectivity index (χ4v) is 6.39. The number of rotatable bonds is 5. The maximum absolute atomic E-state index is 15.2. The second-order valence-corrected chi connectivity index (χ2v) is 12.5. The van der Waals surface area contributed by atoms with E-state index in [1.807, 2.05) is 11.0 Å². The summed E-state index contributed by atoms with van der Waals surface area (Å²) >= 11 is 13.0. The molecule has 11 heteroatoms. The van der Waals surface area contributed by atoms with Crippen molar-refractivity contribution in [3.8, 4) is 17.0 Å². The van der Waals surface area contributed by atoms with Gasteiger partial charge in [0, 0.05) is 58.3 Å². The van der Waals surface area contributed by atoms with Gasteiger partial charge in [0.1, 0.15) is 11.6 Å². The average Bonchev–Trinajstić information content (AvgIpc) is 3.12. The molecule has 8 nitrogen and oxygen atoms in total. The number of carbonyl (C=O) groups excluding carboxylic acids is 1. The van der Waals surface area contributed by atoms with E-state index in [-0.39, 0.29) is 29.6 Å². The van der Waals surface area contributed by atoms with Gasteiger partial charge in [0.2, 0.25) is 5.95 Å². The number of carbonyl (C=O) groups is 1. The van der Waals surface area contributed by atoms with E-state index in [4.69, 9.17) is 37.9 Å². The molecular formula is C33H31Cl2FN6O2. The number of nitrogens with zero attached hydrogens (tertiary/aromatic N) is 4. The SMILES string of the molecule is COc1cccc(F)c1C1=NCc2cnc(Nc3ccc(C(=O)N4CC(C)NC(C)(C)C4)c(Cl)c3)nc2-c2ccc(Cl)cc21. The zero-order chi connectivity index (χ0) is 31.2. The quantitative estimate of drug-likeness (QED) is 0.248. The van der Waals surface area contributed by atoms with Crippen LogP contribution in [0, 0.1) is 5.82 Å². The number of aliphatic imine (C=N–C) groups is 1. The molecular weight excluding hydrogens is 602 g/mol. The molecule has 1 aromatic heterocycles. The van der Waals surface area contributed by atoms with Crippen molar-refractivity contribution >= 4 is 46.5 Å². The molecule has 0 bridgehead atoms. The molecule has 1 amide bonds. The third kappa shape index (κ3) is 5.87. The standard InChI is InChI=1S/C33H31Cl2FN6O2/c1-18-16-42(17-33(2,3)41-18)31(43)23-11-9-21(13-25(23)35)39-32-38-15-19-14-37-30(28-26(36)6-5-7-27(28)44-4)24-12-20(34)8-10-22(24)29(19)40-32/h5-13,15,18,41H,14,16-17H2,1-4H3,(H,38,39,40). The fraction of sp³-hybridized carbons (Fsp3) is 0.273. The van der Waals surface area contributed by atoms with Crippen LogP contribution in [-0.4, -0.2) is 58.3 Å². The van der Waals surface area contributed by atoms with Gasteiger partial charge in [0.15, 0.2) is 0 Å². The Balaban J connectivity index is 1.31. The van der Waals surface area contributed by atoms with Crippen molar-refractivity contribution in [1.29, 1.82) is 0 Å². The van der Waals surface area contributed by atoms with Gasteiger partial charge in [-0.2, -0.15) is 0 Å². The number of nitrogens with one attached hydrogen (secondary N) is 2. The maximum atomic E-state index is 15.2. The zero-order valence-corrected chi connectivity index (χ0v) is 26.2. The van der Waals surface area contributed by atoms with E-state index in [1.165, 1.54) is 13.2 Å². The Labute approximate surface area is 265 Å². The first-order valence-corrected chi connectivity index (χ1v) is 15.0. The van der Waals surface area contributed by atoms with E-state index in [0.717, 1.165) is 11.1 Å². The predicted molar refractivity (Wildman–Crippen MR) is 172 cm³/mol. The molecule has 1 atom stereocenters. The van der Waals surface area contributed by atoms with Gasteiger partial charge in [-0.3, -0.25) is 9.79 Å². The number of aromatic nitrogens is 2. The fourth-order valence-electron chi connectivity index (χ4n) is 5.95. The summed E-state index contributed by atoms with van der Waals surface area (Å²) in [7, 11) is 1.49. The Bertz CT molecular complexity index is 1810. The molecule has 2 N–H and O–H groups in total. The number of fused-ring (bicyclic) bond motifs is 3. The second-order valence-electron chi connectivity index (χ2n) is 11.7. The third-order valence-electron chi connectivity index (χ3n) is 7.66. The van der Waals surface area contributed by atoms with Crippen LogP contribution in [0.1, 0.15) is 47.8 Å². The number of halogens is 3. The molecule has 0 aliphatic carbocycles. The Kier molecular flexibility index (Phi) is 8.04. The number of amides is 1. The molecule has 3 aromatic carbocycles. The summed E-state index contributed by atoms with van der Waals surface area (Å²) in [6, 6.07) is 15.4. The summed E-state index contributed by atoms with van der Waals surface area (Å²) in [5.41, 5.74) is 4.28. The highest BCUT2D eigenvalue weighted by Crippen LogP contribution is 2.36. The van der Waals surface area contributed by atoms with Crippen molar-refractivity contribution in [2.24, 2.45) is 4.99 Å². The van der Waals surface area contributed by atoms with Gasteiger partial charge >= 0.3 is 0 Å². The van der Waals surface area contributed by atoms with Crippen LogP contribution in [0.2, 0.25) is 10.0 Å². The van der Waals surface area contributed by atoms with Crippen LogP contribution in [0.25, 0.3) is 11.3 Å². The molecule has 2 aliphatic rings. The molecule has 2 aliphatic heterocycles. The Morgan fingerprint density at radius 1 is 1.14 bits per heavy atom. The van der Waals surface area contributed by atoms with Crippen molar-refractivity contribution in [3.05, 3.63) is 98.9 Å². The van der Waals surface area contributed by atoms with Gasteiger partial charge in [-0.05, 0) is 63.2 Å². The monoisotopic (exact) mass is 632 g/mol. The lowest BCUT2D eigenvalue weighted by molar-refractivity contribution is 0.0596. The van der Waals surface area contributed by atoms with Crippen molar-refractivity contribution in [2.45, 2.75) is 38.9 Å². The molecule has 0 spiro atoms. The summed E-state index contributed by atoms with van der Waals surface area (Å²) in [6.07, 6.45) is 1.70. The smallest absolute Gasteiger partial charge is 0.255 e. The lowest BCUT2D eigenvalue weighted by Gasteiger charge is -2.42. The zero-order valence-electron chi connectivity index (χ0n) is 24.7. The van der Waals surface area contributed by atoms with Gasteiger partial charge < -0.3 is 20.3 Å². The number of hydrogen-bond donors (Lipinski definition) is 2. The van der Waals surface area contributed by atoms with E-state index < -0.39 is 5.82 Å². The topological polar surface area (TPSA) is 91.7 Å². The van der Waals surface area contributed by atoms with Crippen LogP contribution < -0.4 is 15.4 Å². The Morgan fingerprint density at radius 2 is 1.95 bits per heavy atom. The maximum Gasteiger partial charge on any atom is 0.255 e. The lowest BCUT2D eigenvalue weighted by atomic mass is 9.94. The van der Waals surface area contributed by atoms with E-state index >= 15 is 4.39 Å². The predicted octanol–water partition coefficient (Wildman–Crippen LogP) is 6.91. The summed E-state index contributed by atoms with van der Waals surface area (Å²) in [5.74, 6) is 0.122. The summed E-state index contributed by atoms with van der Waals surface area (Å²) in [5, 5.41) is 7.52. The highest BCUT2D eigenvalue weighted by atomic mass is 35.5. The molecule has 226 valence electrons. The van der Waals surface area contributed by atoms with E-state index in [9.17, 15) is 4.79 Å². The van der Waals surface area contributed by atoms with Gasteiger partial charge in [0.25, 0.3) is 5.91 Å². The Morgan fingerprint density at radius 3 is 2.70 bits per heavy atom. The number of ether oxygens (including phenoxy) is 1. The van der Waals surface area contributed by atoms with E-state index in [1.54, 1.807) is 48.7 Å². The first kappa shape index (κ1) is 30.0. The summed E-state index contributed by atoms with van der Waals surface area (Å²) < 4.78 is 20.7. The van der Waals surface area contributed by atoms with Gasteiger partial charge in [-0.1, -0.05) is 35.3 Å². The van der Waals surface area contributed by atoms with Crippen LogP contribution in [0.5, 0.6) is 5.75 Å². The number of anilines is 2. The van der Waals surface area contributed by atoms with Crippen LogP contribution in [-0.2, 0) is 6.54 Å². The van der Waals surface area contributed by atoms with Gasteiger partial charge in [-0.15, -0.1) is 0 Å². The molecule has 4 aromatic rings. The molecule has 3 heterocycles. The highest BCUT2D eigenvalue weighted by molar-refractivity contribution is 6.34. The lowest BCUT2D eigenvalue weighted by Crippen LogP contribution is -2.62. The first-order chi connectivity index (χ1) is 21.0. The molecule has 44 heavy (non-hydrogen) atoms. The molecule has 0 radical (unpaired) electrons. The van der Waals surface area contributed by atoms with Crippen molar-refractivity contribution in [3.63, 3.8) is 0 Å². The van der Waals surface area contributed by atoms with Gasteiger partial charge in [0.05, 0.1) is 41.2 Å². The largest absolute Gasteiger partial charge is 0.496 e. The molecule has 6 rings (SSSR count). The second kappa shape index (κ2) is 11.8. The molecule has 1 saturated heterocycles. The molecule has 1 fully saturated rings. The summed E-state index contributed by atoms with van der Waals surface area (Å²) in [4.78, 5) is 29.3. The third-order valence-corrected chi connectivity index (χ3v) is 8.20. The van der Waals surface area contributed by atoms with Crippen LogP contribution in [0.4, 0.5) is 16.0 Å². The number of piperazine rings is 1. The van der Waals surface area contributed by atoms with Gasteiger partial charge in [-0.25, -0.2) is 14.4 Å². The normalized spacial score (nSPS) is 17.2. The minimum Gasteiger partial charge on any atom is -0.496 e. The van der Waals surface area contributed by atoms with Crippen LogP contribution >= 0.6 is 23.2 Å². The number of methoxy groups -OCH3 is 1. The Hall–Kier alpha value is -4.05. The van der Waals surface area contributed by atoms with Crippen molar-refractivity contribution in [2.75, 3.05) is 25.5 Å².